The highest BCUT2D eigenvalue weighted by Gasteiger charge is 2.40. The van der Waals surface area contributed by atoms with Crippen molar-refractivity contribution in [3.63, 3.8) is 0 Å². The van der Waals surface area contributed by atoms with Gasteiger partial charge >= 0.3 is 17.6 Å². The minimum absolute atomic E-state index is 0.111. The normalized spacial score (nSPS) is 18.6. The number of H-pyrrole nitrogens is 1. The van der Waals surface area contributed by atoms with Gasteiger partial charge in [-0.2, -0.15) is 0 Å². The third kappa shape index (κ3) is 5.92. The molecule has 4 aromatic rings. The number of carbonyl (C=O) groups is 2. The lowest BCUT2D eigenvalue weighted by molar-refractivity contribution is -0.0582. The topological polar surface area (TPSA) is 117 Å². The van der Waals surface area contributed by atoms with E-state index in [-0.39, 0.29) is 13.0 Å². The molecule has 2 aromatic carbocycles. The maximum Gasteiger partial charge on any atom is 0.338 e. The summed E-state index contributed by atoms with van der Waals surface area (Å²) in [6.07, 6.45) is -0.981. The first kappa shape index (κ1) is 26.3. The average Bonchev–Trinajstić information content (AvgIpc) is 3.59. The van der Waals surface area contributed by atoms with Crippen LogP contribution in [-0.4, -0.2) is 40.3 Å². The number of ether oxygens (including phenoxy) is 3. The quantitative estimate of drug-likeness (QED) is 0.345. The van der Waals surface area contributed by atoms with Crippen LogP contribution in [0.5, 0.6) is 0 Å². The smallest absolute Gasteiger partial charge is 0.338 e. The second-order valence-electron chi connectivity index (χ2n) is 9.33. The number of hydrogen-bond acceptors (Lipinski definition) is 8. The molecule has 5 rings (SSSR count). The molecular formula is C29H26N2O7S. The van der Waals surface area contributed by atoms with Crippen LogP contribution in [-0.2, 0) is 14.2 Å². The summed E-state index contributed by atoms with van der Waals surface area (Å²) in [7, 11) is 0. The number of nitrogens with one attached hydrogen (secondary N) is 1. The lowest BCUT2D eigenvalue weighted by Crippen LogP contribution is -2.33. The molecule has 1 N–H and O–H groups in total. The molecule has 9 nitrogen and oxygen atoms in total. The third-order valence-electron chi connectivity index (χ3n) is 6.46. The van der Waals surface area contributed by atoms with Crippen molar-refractivity contribution in [2.45, 2.75) is 38.7 Å². The number of benzene rings is 2. The number of rotatable bonds is 7. The van der Waals surface area contributed by atoms with Crippen LogP contribution in [0.3, 0.4) is 0 Å². The standard InChI is InChI=1S/C29H26N2O7S/c1-17-5-9-19(10-6-17)27(33)36-16-23-22(38-28(34)20-11-7-18(2)8-12-20)14-25(37-23)31-15-21(24-4-3-13-39-24)26(32)30-29(31)35/h3-13,15,22-23,25H,14,16H2,1-2H3,(H,30,32,35)/t22-,23+,25+/m0/s1. The minimum atomic E-state index is -0.869. The molecule has 3 atom stereocenters. The Balaban J connectivity index is 1.39. The molecule has 0 unspecified atom stereocenters. The van der Waals surface area contributed by atoms with E-state index >= 15 is 0 Å². The zero-order valence-corrected chi connectivity index (χ0v) is 22.1. The van der Waals surface area contributed by atoms with Crippen LogP contribution in [0, 0.1) is 13.8 Å². The Kier molecular flexibility index (Phi) is 7.58. The Morgan fingerprint density at radius 3 is 2.23 bits per heavy atom. The van der Waals surface area contributed by atoms with E-state index in [2.05, 4.69) is 4.98 Å². The van der Waals surface area contributed by atoms with Crippen LogP contribution in [0.1, 0.15) is 44.5 Å². The number of hydrogen-bond donors (Lipinski definition) is 1. The number of esters is 2. The van der Waals surface area contributed by atoms with Gasteiger partial charge in [0, 0.05) is 17.5 Å². The summed E-state index contributed by atoms with van der Waals surface area (Å²) in [4.78, 5) is 53.8. The van der Waals surface area contributed by atoms with Gasteiger partial charge in [0.15, 0.2) is 0 Å². The van der Waals surface area contributed by atoms with E-state index in [0.717, 1.165) is 11.1 Å². The van der Waals surface area contributed by atoms with Crippen molar-refractivity contribution in [1.82, 2.24) is 9.55 Å². The van der Waals surface area contributed by atoms with E-state index in [1.54, 1.807) is 60.7 Å². The lowest BCUT2D eigenvalue weighted by Gasteiger charge is -2.19. The lowest BCUT2D eigenvalue weighted by atomic mass is 10.1. The summed E-state index contributed by atoms with van der Waals surface area (Å²) in [5, 5.41) is 1.83. The molecule has 1 aliphatic heterocycles. The van der Waals surface area contributed by atoms with E-state index in [4.69, 9.17) is 14.2 Å². The summed E-state index contributed by atoms with van der Waals surface area (Å²) < 4.78 is 18.7. The highest BCUT2D eigenvalue weighted by Crippen LogP contribution is 2.32. The highest BCUT2D eigenvalue weighted by atomic mass is 32.1. The second-order valence-corrected chi connectivity index (χ2v) is 10.3. The molecule has 200 valence electrons. The SMILES string of the molecule is Cc1ccc(C(=O)OC[C@H]2O[C@@H](n3cc(-c4cccs4)c(=O)[nH]c3=O)C[C@@H]2OC(=O)c2ccc(C)cc2)cc1. The van der Waals surface area contributed by atoms with Crippen LogP contribution >= 0.6 is 11.3 Å². The number of nitrogens with zero attached hydrogens (tertiary/aromatic N) is 1. The van der Waals surface area contributed by atoms with Gasteiger partial charge in [0.05, 0.1) is 16.7 Å². The fraction of sp³-hybridized carbons (Fsp3) is 0.241. The van der Waals surface area contributed by atoms with Gasteiger partial charge in [-0.1, -0.05) is 41.5 Å². The Morgan fingerprint density at radius 2 is 1.62 bits per heavy atom. The highest BCUT2D eigenvalue weighted by molar-refractivity contribution is 7.13. The van der Waals surface area contributed by atoms with Gasteiger partial charge < -0.3 is 14.2 Å². The number of carbonyl (C=O) groups excluding carboxylic acids is 2. The van der Waals surface area contributed by atoms with Crippen LogP contribution in [0.25, 0.3) is 10.4 Å². The molecule has 1 fully saturated rings. The summed E-state index contributed by atoms with van der Waals surface area (Å²) in [5.74, 6) is -1.11. The Hall–Kier alpha value is -4.28. The molecule has 0 amide bonds. The average molecular weight is 547 g/mol. The van der Waals surface area contributed by atoms with E-state index < -0.39 is 41.6 Å². The largest absolute Gasteiger partial charge is 0.459 e. The molecule has 0 radical (unpaired) electrons. The summed E-state index contributed by atoms with van der Waals surface area (Å²) >= 11 is 1.36. The molecule has 0 aliphatic carbocycles. The van der Waals surface area contributed by atoms with Crippen molar-refractivity contribution in [3.8, 4) is 10.4 Å². The van der Waals surface area contributed by atoms with Crippen molar-refractivity contribution >= 4 is 23.3 Å². The van der Waals surface area contributed by atoms with Crippen LogP contribution in [0.4, 0.5) is 0 Å². The minimum Gasteiger partial charge on any atom is -0.459 e. The zero-order chi connectivity index (χ0) is 27.5. The fourth-order valence-corrected chi connectivity index (χ4v) is 5.01. The van der Waals surface area contributed by atoms with E-state index in [1.807, 2.05) is 19.2 Å². The van der Waals surface area contributed by atoms with Crippen molar-refractivity contribution in [3.05, 3.63) is 115 Å². The van der Waals surface area contributed by atoms with E-state index in [0.29, 0.717) is 21.6 Å². The van der Waals surface area contributed by atoms with Crippen molar-refractivity contribution < 1.29 is 23.8 Å². The fourth-order valence-electron chi connectivity index (χ4n) is 4.28. The summed E-state index contributed by atoms with van der Waals surface area (Å²) in [5.41, 5.74) is 1.88. The van der Waals surface area contributed by atoms with Crippen molar-refractivity contribution in [2.75, 3.05) is 6.61 Å². The van der Waals surface area contributed by atoms with Gasteiger partial charge in [0.25, 0.3) is 5.56 Å². The molecular weight excluding hydrogens is 520 g/mol. The monoisotopic (exact) mass is 546 g/mol. The first-order valence-corrected chi connectivity index (χ1v) is 13.2. The molecule has 0 saturated carbocycles. The van der Waals surface area contributed by atoms with Gasteiger partial charge in [0.1, 0.15) is 25.0 Å². The molecule has 0 bridgehead atoms. The second kappa shape index (κ2) is 11.2. The van der Waals surface area contributed by atoms with Crippen molar-refractivity contribution in [1.29, 1.82) is 0 Å². The van der Waals surface area contributed by atoms with Crippen LogP contribution in [0.2, 0.25) is 0 Å². The number of aryl methyl sites for hydroxylation is 2. The first-order chi connectivity index (χ1) is 18.8. The van der Waals surface area contributed by atoms with Crippen molar-refractivity contribution in [2.24, 2.45) is 0 Å². The maximum absolute atomic E-state index is 12.9. The van der Waals surface area contributed by atoms with Gasteiger partial charge in [-0.05, 0) is 49.6 Å². The predicted octanol–water partition coefficient (Wildman–Crippen LogP) is 4.25. The summed E-state index contributed by atoms with van der Waals surface area (Å²) in [6.45, 7) is 3.62. The molecule has 1 aliphatic rings. The Morgan fingerprint density at radius 1 is 0.974 bits per heavy atom. The van der Waals surface area contributed by atoms with Gasteiger partial charge in [-0.3, -0.25) is 14.3 Å². The van der Waals surface area contributed by atoms with E-state index in [9.17, 15) is 19.2 Å². The predicted molar refractivity (Wildman–Crippen MR) is 145 cm³/mol. The van der Waals surface area contributed by atoms with Gasteiger partial charge in [0.2, 0.25) is 0 Å². The first-order valence-electron chi connectivity index (χ1n) is 12.3. The molecule has 2 aromatic heterocycles. The number of thiophene rings is 1. The Bertz CT molecular complexity index is 1590. The summed E-state index contributed by atoms with van der Waals surface area (Å²) in [6, 6.07) is 17.5. The maximum atomic E-state index is 12.9. The molecule has 0 spiro atoms. The number of aromatic amines is 1. The molecule has 3 heterocycles. The molecule has 1 saturated heterocycles. The van der Waals surface area contributed by atoms with Crippen LogP contribution in [0.15, 0.2) is 81.8 Å². The molecule has 39 heavy (non-hydrogen) atoms. The van der Waals surface area contributed by atoms with Gasteiger partial charge in [-0.15, -0.1) is 11.3 Å². The third-order valence-corrected chi connectivity index (χ3v) is 7.36. The molecule has 10 heteroatoms. The van der Waals surface area contributed by atoms with Crippen LogP contribution < -0.4 is 11.2 Å². The zero-order valence-electron chi connectivity index (χ0n) is 21.3. The van der Waals surface area contributed by atoms with Gasteiger partial charge in [-0.25, -0.2) is 14.4 Å². The number of aromatic nitrogens is 2. The Labute approximate surface area is 227 Å². The van der Waals surface area contributed by atoms with E-state index in [1.165, 1.54) is 22.1 Å².